The Morgan fingerprint density at radius 2 is 1.37 bits per heavy atom. The van der Waals surface area contributed by atoms with Crippen molar-refractivity contribution in [2.75, 3.05) is 44.4 Å². The van der Waals surface area contributed by atoms with Gasteiger partial charge in [0.2, 0.25) is 0 Å². The summed E-state index contributed by atoms with van der Waals surface area (Å²) in [5.74, 6) is 0.372. The van der Waals surface area contributed by atoms with Gasteiger partial charge in [-0.3, -0.25) is 9.59 Å². The predicted octanol–water partition coefficient (Wildman–Crippen LogP) is 0.678. The largest absolute Gasteiger partial charge is 0.480 e. The highest BCUT2D eigenvalue weighted by Crippen LogP contribution is 2.26. The highest BCUT2D eigenvalue weighted by atomic mass is 16.5. The van der Waals surface area contributed by atoms with Crippen molar-refractivity contribution < 1.29 is 19.1 Å². The minimum Gasteiger partial charge on any atom is -0.480 e. The second-order valence-corrected chi connectivity index (χ2v) is 6.76. The Balaban J connectivity index is 1.50. The van der Waals surface area contributed by atoms with Crippen LogP contribution < -0.4 is 25.1 Å². The number of amides is 2. The van der Waals surface area contributed by atoms with Crippen LogP contribution in [-0.2, 0) is 9.59 Å². The van der Waals surface area contributed by atoms with Crippen molar-refractivity contribution in [3.63, 3.8) is 0 Å². The molecule has 0 fully saturated rings. The van der Waals surface area contributed by atoms with E-state index in [0.717, 1.165) is 11.0 Å². The maximum Gasteiger partial charge on any atom is 0.258 e. The Hall–Kier alpha value is -3.75. The molecule has 156 valence electrons. The number of carbonyl (C=O) groups is 2. The summed E-state index contributed by atoms with van der Waals surface area (Å²) in [6, 6.07) is 14.8. The summed E-state index contributed by atoms with van der Waals surface area (Å²) >= 11 is 0. The summed E-state index contributed by atoms with van der Waals surface area (Å²) in [6.07, 6.45) is 1.74. The summed E-state index contributed by atoms with van der Waals surface area (Å²) in [7, 11) is 0. The second kappa shape index (κ2) is 9.17. The predicted molar refractivity (Wildman–Crippen MR) is 111 cm³/mol. The third-order valence-corrected chi connectivity index (χ3v) is 4.69. The monoisotopic (exact) mass is 409 g/mol. The summed E-state index contributed by atoms with van der Waals surface area (Å²) in [4.78, 5) is 28.8. The number of aromatic nitrogens is 2. The summed E-state index contributed by atoms with van der Waals surface area (Å²) in [6.45, 7) is 1.63. The van der Waals surface area contributed by atoms with Crippen LogP contribution >= 0.6 is 0 Å². The van der Waals surface area contributed by atoms with Gasteiger partial charge in [0.05, 0.1) is 24.1 Å². The fourth-order valence-electron chi connectivity index (χ4n) is 3.22. The van der Waals surface area contributed by atoms with Crippen LogP contribution in [0.3, 0.4) is 0 Å². The first-order valence-corrected chi connectivity index (χ1v) is 9.76. The van der Waals surface area contributed by atoms with Crippen LogP contribution in [0.4, 0.5) is 0 Å². The molecular weight excluding hydrogens is 386 g/mol. The van der Waals surface area contributed by atoms with Crippen LogP contribution in [0.5, 0.6) is 11.5 Å². The van der Waals surface area contributed by atoms with Gasteiger partial charge in [0.25, 0.3) is 11.8 Å². The maximum absolute atomic E-state index is 12.2. The SMILES string of the molecule is O=C1COc2ccccc2OCC(=O)NCCN(n2cnc3ccccc32)CCN1. The Morgan fingerprint density at radius 1 is 0.800 bits per heavy atom. The zero-order chi connectivity index (χ0) is 20.8. The van der Waals surface area contributed by atoms with E-state index in [1.165, 1.54) is 0 Å². The van der Waals surface area contributed by atoms with Gasteiger partial charge in [-0.05, 0) is 24.3 Å². The molecule has 3 aromatic rings. The zero-order valence-corrected chi connectivity index (χ0v) is 16.4. The number of para-hydroxylation sites is 4. The number of nitrogens with one attached hydrogen (secondary N) is 2. The number of benzene rings is 2. The molecule has 4 rings (SSSR count). The summed E-state index contributed by atoms with van der Waals surface area (Å²) in [5.41, 5.74) is 1.83. The Kier molecular flexibility index (Phi) is 5.98. The molecule has 0 saturated carbocycles. The lowest BCUT2D eigenvalue weighted by Gasteiger charge is -2.26. The van der Waals surface area contributed by atoms with Crippen LogP contribution in [-0.4, -0.2) is 60.9 Å². The molecule has 0 bridgehead atoms. The lowest BCUT2D eigenvalue weighted by Crippen LogP contribution is -2.45. The molecule has 2 amide bonds. The van der Waals surface area contributed by atoms with Crippen molar-refractivity contribution >= 4 is 22.8 Å². The molecule has 0 aliphatic carbocycles. The molecule has 1 aliphatic rings. The highest BCUT2D eigenvalue weighted by molar-refractivity contribution is 5.78. The molecule has 2 aromatic carbocycles. The van der Waals surface area contributed by atoms with Crippen LogP contribution in [0, 0.1) is 0 Å². The third-order valence-electron chi connectivity index (χ3n) is 4.69. The molecule has 2 heterocycles. The first-order valence-electron chi connectivity index (χ1n) is 9.76. The first kappa shape index (κ1) is 19.6. The number of hydrogen-bond acceptors (Lipinski definition) is 6. The van der Waals surface area contributed by atoms with E-state index < -0.39 is 0 Å². The lowest BCUT2D eigenvalue weighted by atomic mass is 10.3. The first-order chi connectivity index (χ1) is 14.7. The van der Waals surface area contributed by atoms with E-state index in [1.807, 2.05) is 34.0 Å². The number of fused-ring (bicyclic) bond motifs is 2. The van der Waals surface area contributed by atoms with Gasteiger partial charge in [-0.15, -0.1) is 0 Å². The Bertz CT molecular complexity index is 990. The molecule has 9 nitrogen and oxygen atoms in total. The van der Waals surface area contributed by atoms with Gasteiger partial charge < -0.3 is 25.1 Å². The average Bonchev–Trinajstić information content (AvgIpc) is 3.19. The van der Waals surface area contributed by atoms with Crippen molar-refractivity contribution in [1.29, 1.82) is 0 Å². The van der Waals surface area contributed by atoms with E-state index in [4.69, 9.17) is 9.47 Å². The van der Waals surface area contributed by atoms with E-state index in [1.54, 1.807) is 30.6 Å². The van der Waals surface area contributed by atoms with Crippen LogP contribution in [0.1, 0.15) is 0 Å². The third kappa shape index (κ3) is 4.62. The standard InChI is InChI=1S/C21H23N5O4/c27-20-13-29-18-7-3-4-8-19(18)30-14-21(28)23-10-12-25(11-9-22-20)26-15-24-16-5-1-2-6-17(16)26/h1-8,15H,9-14H2,(H,22,27)(H,23,28). The Morgan fingerprint density at radius 3 is 2.00 bits per heavy atom. The van der Waals surface area contributed by atoms with Crippen molar-refractivity contribution in [3.8, 4) is 11.5 Å². The normalized spacial score (nSPS) is 16.3. The maximum atomic E-state index is 12.2. The molecule has 0 saturated heterocycles. The molecule has 0 radical (unpaired) electrons. The van der Waals surface area contributed by atoms with Gasteiger partial charge in [0.1, 0.15) is 6.33 Å². The zero-order valence-electron chi connectivity index (χ0n) is 16.4. The van der Waals surface area contributed by atoms with Gasteiger partial charge in [-0.2, -0.15) is 0 Å². The van der Waals surface area contributed by atoms with Crippen molar-refractivity contribution in [3.05, 3.63) is 54.9 Å². The van der Waals surface area contributed by atoms with E-state index in [9.17, 15) is 9.59 Å². The molecule has 30 heavy (non-hydrogen) atoms. The van der Waals surface area contributed by atoms with Crippen LogP contribution in [0.25, 0.3) is 11.0 Å². The smallest absolute Gasteiger partial charge is 0.258 e. The van der Waals surface area contributed by atoms with Crippen molar-refractivity contribution in [2.45, 2.75) is 0 Å². The van der Waals surface area contributed by atoms with Crippen LogP contribution in [0.15, 0.2) is 54.9 Å². The van der Waals surface area contributed by atoms with E-state index >= 15 is 0 Å². The number of carbonyl (C=O) groups excluding carboxylic acids is 2. The van der Waals surface area contributed by atoms with Gasteiger partial charge in [-0.25, -0.2) is 9.66 Å². The molecule has 0 atom stereocenters. The minimum absolute atomic E-state index is 0.138. The fourth-order valence-corrected chi connectivity index (χ4v) is 3.22. The topological polar surface area (TPSA) is 97.7 Å². The van der Waals surface area contributed by atoms with E-state index in [2.05, 4.69) is 15.6 Å². The van der Waals surface area contributed by atoms with Gasteiger partial charge in [-0.1, -0.05) is 24.3 Å². The van der Waals surface area contributed by atoms with Gasteiger partial charge in [0, 0.05) is 13.1 Å². The number of nitrogens with zero attached hydrogens (tertiary/aromatic N) is 3. The second-order valence-electron chi connectivity index (χ2n) is 6.76. The fraction of sp³-hybridized carbons (Fsp3) is 0.286. The molecule has 1 aliphatic heterocycles. The van der Waals surface area contributed by atoms with E-state index in [0.29, 0.717) is 37.7 Å². The molecule has 0 unspecified atom stereocenters. The summed E-state index contributed by atoms with van der Waals surface area (Å²) < 4.78 is 13.1. The van der Waals surface area contributed by atoms with Crippen molar-refractivity contribution in [2.24, 2.45) is 0 Å². The van der Waals surface area contributed by atoms with E-state index in [-0.39, 0.29) is 25.0 Å². The number of ether oxygens (including phenoxy) is 2. The molecule has 0 spiro atoms. The number of rotatable bonds is 1. The quantitative estimate of drug-likeness (QED) is 0.614. The summed E-state index contributed by atoms with van der Waals surface area (Å²) in [5, 5.41) is 7.75. The molecule has 2 N–H and O–H groups in total. The van der Waals surface area contributed by atoms with Gasteiger partial charge in [0.15, 0.2) is 24.7 Å². The van der Waals surface area contributed by atoms with Crippen molar-refractivity contribution in [1.82, 2.24) is 20.3 Å². The molecule has 9 heteroatoms. The van der Waals surface area contributed by atoms with Crippen LogP contribution in [0.2, 0.25) is 0 Å². The lowest BCUT2D eigenvalue weighted by molar-refractivity contribution is -0.124. The highest BCUT2D eigenvalue weighted by Gasteiger charge is 2.14. The Labute approximate surface area is 173 Å². The number of imidazole rings is 1. The van der Waals surface area contributed by atoms with Gasteiger partial charge >= 0.3 is 0 Å². The average molecular weight is 409 g/mol. The minimum atomic E-state index is -0.232. The number of hydrogen-bond donors (Lipinski definition) is 2. The molecular formula is C21H23N5O4. The molecule has 1 aromatic heterocycles.